The van der Waals surface area contributed by atoms with Crippen LogP contribution in [0.2, 0.25) is 0 Å². The first kappa shape index (κ1) is 23.8. The first-order valence-corrected chi connectivity index (χ1v) is 12.5. The molecule has 1 aliphatic heterocycles. The Balaban J connectivity index is 1.39. The number of anilines is 1. The summed E-state index contributed by atoms with van der Waals surface area (Å²) in [5.41, 5.74) is 6.12. The van der Waals surface area contributed by atoms with E-state index in [2.05, 4.69) is 55.7 Å². The molecule has 6 nitrogen and oxygen atoms in total. The van der Waals surface area contributed by atoms with Crippen LogP contribution in [-0.4, -0.2) is 32.0 Å². The van der Waals surface area contributed by atoms with Crippen molar-refractivity contribution >= 4 is 28.9 Å². The predicted molar refractivity (Wildman–Crippen MR) is 147 cm³/mol. The molecule has 1 amide bonds. The molecule has 2 aromatic carbocycles. The highest BCUT2D eigenvalue weighted by Crippen LogP contribution is 2.39. The fraction of sp³-hybridized carbons (Fsp3) is 0.207. The SMILES string of the molecule is Cc1ccc(C)c(NC(=O)CCN2C(=S)N[C@H](c3ccccn3)[C@@H]2c2ccn(-c3ccccc3)c2)c1. The van der Waals surface area contributed by atoms with Crippen LogP contribution in [0.25, 0.3) is 5.69 Å². The third kappa shape index (κ3) is 5.02. The van der Waals surface area contributed by atoms with Gasteiger partial charge in [0.1, 0.15) is 0 Å². The van der Waals surface area contributed by atoms with E-state index in [0.29, 0.717) is 18.1 Å². The Morgan fingerprint density at radius 2 is 1.86 bits per heavy atom. The molecule has 7 heteroatoms. The van der Waals surface area contributed by atoms with E-state index in [0.717, 1.165) is 33.8 Å². The van der Waals surface area contributed by atoms with E-state index in [1.54, 1.807) is 6.20 Å². The number of para-hydroxylation sites is 1. The van der Waals surface area contributed by atoms with Crippen molar-refractivity contribution in [2.75, 3.05) is 11.9 Å². The summed E-state index contributed by atoms with van der Waals surface area (Å²) in [7, 11) is 0. The number of nitrogens with one attached hydrogen (secondary N) is 2. The van der Waals surface area contributed by atoms with Gasteiger partial charge in [0, 0.05) is 42.9 Å². The Morgan fingerprint density at radius 1 is 1.06 bits per heavy atom. The number of carbonyl (C=O) groups is 1. The number of rotatable bonds is 7. The number of benzene rings is 2. The highest BCUT2D eigenvalue weighted by molar-refractivity contribution is 7.80. The van der Waals surface area contributed by atoms with Crippen LogP contribution >= 0.6 is 12.2 Å². The largest absolute Gasteiger partial charge is 0.352 e. The van der Waals surface area contributed by atoms with E-state index < -0.39 is 0 Å². The number of carbonyl (C=O) groups excluding carboxylic acids is 1. The van der Waals surface area contributed by atoms with Gasteiger partial charge in [-0.1, -0.05) is 36.4 Å². The van der Waals surface area contributed by atoms with Gasteiger partial charge in [0.25, 0.3) is 0 Å². The van der Waals surface area contributed by atoms with Crippen molar-refractivity contribution in [1.29, 1.82) is 0 Å². The van der Waals surface area contributed by atoms with Crippen LogP contribution in [0.4, 0.5) is 5.69 Å². The molecule has 5 rings (SSSR count). The van der Waals surface area contributed by atoms with Crippen LogP contribution in [-0.2, 0) is 4.79 Å². The fourth-order valence-electron chi connectivity index (χ4n) is 4.66. The van der Waals surface area contributed by atoms with Crippen molar-refractivity contribution < 1.29 is 4.79 Å². The number of thiocarbonyl (C=S) groups is 1. The molecule has 1 aliphatic rings. The van der Waals surface area contributed by atoms with Crippen molar-refractivity contribution in [3.63, 3.8) is 0 Å². The second-order valence-electron chi connectivity index (χ2n) is 9.12. The second-order valence-corrected chi connectivity index (χ2v) is 9.51. The van der Waals surface area contributed by atoms with Gasteiger partial charge in [-0.25, -0.2) is 0 Å². The normalized spacial score (nSPS) is 17.2. The van der Waals surface area contributed by atoms with Gasteiger partial charge in [0.2, 0.25) is 5.91 Å². The average Bonchev–Trinajstić information content (AvgIpc) is 3.50. The summed E-state index contributed by atoms with van der Waals surface area (Å²) in [6.45, 7) is 4.51. The van der Waals surface area contributed by atoms with E-state index in [1.807, 2.05) is 68.4 Å². The van der Waals surface area contributed by atoms with Crippen molar-refractivity contribution in [1.82, 2.24) is 19.8 Å². The van der Waals surface area contributed by atoms with Gasteiger partial charge in [-0.15, -0.1) is 0 Å². The van der Waals surface area contributed by atoms with Crippen LogP contribution in [0.1, 0.15) is 40.9 Å². The third-order valence-corrected chi connectivity index (χ3v) is 6.91. The van der Waals surface area contributed by atoms with Gasteiger partial charge in [-0.3, -0.25) is 9.78 Å². The summed E-state index contributed by atoms with van der Waals surface area (Å²) in [6, 6.07) is 24.1. The second kappa shape index (κ2) is 10.3. The molecule has 2 atom stereocenters. The van der Waals surface area contributed by atoms with Crippen molar-refractivity contribution in [3.8, 4) is 5.69 Å². The zero-order chi connectivity index (χ0) is 25.1. The Kier molecular flexibility index (Phi) is 6.82. The standard InChI is InChI=1S/C29H29N5OS/c1-20-11-12-21(2)25(18-20)31-26(35)14-17-34-28(27(32-29(34)36)24-10-6-7-15-30-24)22-13-16-33(19-22)23-8-4-3-5-9-23/h3-13,15-16,18-19,27-28H,14,17H2,1-2H3,(H,31,35)(H,32,36)/t27-,28+/m1/s1. The number of aromatic nitrogens is 2. The highest BCUT2D eigenvalue weighted by atomic mass is 32.1. The number of pyridine rings is 1. The molecule has 2 N–H and O–H groups in total. The molecule has 0 unspecified atom stereocenters. The predicted octanol–water partition coefficient (Wildman–Crippen LogP) is 5.49. The lowest BCUT2D eigenvalue weighted by Crippen LogP contribution is -2.32. The van der Waals surface area contributed by atoms with E-state index in [1.165, 1.54) is 0 Å². The minimum absolute atomic E-state index is 0.0339. The zero-order valence-electron chi connectivity index (χ0n) is 20.4. The number of hydrogen-bond acceptors (Lipinski definition) is 3. The monoisotopic (exact) mass is 495 g/mol. The lowest BCUT2D eigenvalue weighted by atomic mass is 9.99. The first-order chi connectivity index (χ1) is 17.5. The third-order valence-electron chi connectivity index (χ3n) is 6.56. The molecule has 1 fully saturated rings. The smallest absolute Gasteiger partial charge is 0.226 e. The highest BCUT2D eigenvalue weighted by Gasteiger charge is 2.40. The molecule has 182 valence electrons. The number of nitrogens with zero attached hydrogens (tertiary/aromatic N) is 3. The van der Waals surface area contributed by atoms with Gasteiger partial charge in [-0.05, 0) is 79.2 Å². The molecule has 2 aromatic heterocycles. The Labute approximate surface area is 217 Å². The average molecular weight is 496 g/mol. The lowest BCUT2D eigenvalue weighted by molar-refractivity contribution is -0.116. The summed E-state index contributed by atoms with van der Waals surface area (Å²) in [5.74, 6) is -0.0339. The maximum Gasteiger partial charge on any atom is 0.226 e. The van der Waals surface area contributed by atoms with E-state index in [-0.39, 0.29) is 18.0 Å². The van der Waals surface area contributed by atoms with Crippen LogP contribution in [0.5, 0.6) is 0 Å². The van der Waals surface area contributed by atoms with E-state index in [4.69, 9.17) is 12.2 Å². The summed E-state index contributed by atoms with van der Waals surface area (Å²) < 4.78 is 2.11. The molecule has 0 aliphatic carbocycles. The Hall–Kier alpha value is -3.97. The maximum atomic E-state index is 12.9. The molecular formula is C29H29N5OS. The number of hydrogen-bond donors (Lipinski definition) is 2. The van der Waals surface area contributed by atoms with E-state index in [9.17, 15) is 4.79 Å². The number of aryl methyl sites for hydroxylation is 2. The molecule has 0 saturated carbocycles. The summed E-state index contributed by atoms with van der Waals surface area (Å²) >= 11 is 5.76. The summed E-state index contributed by atoms with van der Waals surface area (Å²) in [4.78, 5) is 19.6. The lowest BCUT2D eigenvalue weighted by Gasteiger charge is -2.27. The maximum absolute atomic E-state index is 12.9. The van der Waals surface area contributed by atoms with Crippen molar-refractivity contribution in [2.24, 2.45) is 0 Å². The fourth-order valence-corrected chi connectivity index (χ4v) is 5.00. The summed E-state index contributed by atoms with van der Waals surface area (Å²) in [5, 5.41) is 7.16. The van der Waals surface area contributed by atoms with Gasteiger partial charge in [0.05, 0.1) is 17.8 Å². The van der Waals surface area contributed by atoms with E-state index >= 15 is 0 Å². The zero-order valence-corrected chi connectivity index (χ0v) is 21.2. The van der Waals surface area contributed by atoms with Gasteiger partial charge in [0.15, 0.2) is 5.11 Å². The topological polar surface area (TPSA) is 62.2 Å². The quantitative estimate of drug-likeness (QED) is 0.332. The van der Waals surface area contributed by atoms with Gasteiger partial charge < -0.3 is 20.1 Å². The van der Waals surface area contributed by atoms with Gasteiger partial charge >= 0.3 is 0 Å². The molecule has 36 heavy (non-hydrogen) atoms. The van der Waals surface area contributed by atoms with Crippen molar-refractivity contribution in [2.45, 2.75) is 32.4 Å². The van der Waals surface area contributed by atoms with Gasteiger partial charge in [-0.2, -0.15) is 0 Å². The Bertz CT molecular complexity index is 1370. The molecule has 1 saturated heterocycles. The minimum Gasteiger partial charge on any atom is -0.352 e. The van der Waals surface area contributed by atoms with Crippen LogP contribution in [0.3, 0.4) is 0 Å². The number of amides is 1. The molecular weight excluding hydrogens is 466 g/mol. The minimum atomic E-state index is -0.118. The molecule has 3 heterocycles. The molecule has 4 aromatic rings. The Morgan fingerprint density at radius 3 is 2.64 bits per heavy atom. The van der Waals surface area contributed by atoms with Crippen LogP contribution in [0, 0.1) is 13.8 Å². The van der Waals surface area contributed by atoms with Crippen molar-refractivity contribution in [3.05, 3.63) is 114 Å². The molecule has 0 bridgehead atoms. The summed E-state index contributed by atoms with van der Waals surface area (Å²) in [6.07, 6.45) is 6.31. The van der Waals surface area contributed by atoms with Crippen LogP contribution in [0.15, 0.2) is 91.4 Å². The van der Waals surface area contributed by atoms with Crippen LogP contribution < -0.4 is 10.6 Å². The first-order valence-electron chi connectivity index (χ1n) is 12.1. The molecule has 0 radical (unpaired) electrons. The molecule has 0 spiro atoms.